The second-order valence-electron chi connectivity index (χ2n) is 5.91. The van der Waals surface area contributed by atoms with Crippen LogP contribution < -0.4 is 5.32 Å². The van der Waals surface area contributed by atoms with Gasteiger partial charge in [0.2, 0.25) is 5.91 Å². The van der Waals surface area contributed by atoms with E-state index in [1.807, 2.05) is 45.9 Å². The fourth-order valence-corrected chi connectivity index (χ4v) is 5.67. The Morgan fingerprint density at radius 2 is 2.17 bits per heavy atom. The van der Waals surface area contributed by atoms with Crippen LogP contribution in [0.25, 0.3) is 0 Å². The predicted octanol–water partition coefficient (Wildman–Crippen LogP) is 3.98. The molecule has 0 bridgehead atoms. The zero-order valence-corrected chi connectivity index (χ0v) is 15.2. The van der Waals surface area contributed by atoms with Crippen LogP contribution in [0.1, 0.15) is 37.7 Å². The van der Waals surface area contributed by atoms with Crippen LogP contribution in [0.15, 0.2) is 36.9 Å². The van der Waals surface area contributed by atoms with Gasteiger partial charge in [-0.25, -0.2) is 9.67 Å². The van der Waals surface area contributed by atoms with Crippen molar-refractivity contribution in [1.29, 1.82) is 0 Å². The Morgan fingerprint density at radius 1 is 1.29 bits per heavy atom. The van der Waals surface area contributed by atoms with Crippen LogP contribution in [0.4, 0.5) is 5.69 Å². The summed E-state index contributed by atoms with van der Waals surface area (Å²) < 4.78 is 1.77. The van der Waals surface area contributed by atoms with Crippen molar-refractivity contribution < 1.29 is 4.79 Å². The topological polar surface area (TPSA) is 59.8 Å². The standard InChI is InChI=1S/C17H22N4OS2/c22-17(4-2-1-3-16-9-10-23-24-16)20-15-7-5-14(6-8-15)11-21-13-18-12-19-21/h5-8,12-13,16H,1-4,9-11H2,(H,20,22). The zero-order chi connectivity index (χ0) is 16.6. The number of nitrogens with zero attached hydrogens (tertiary/aromatic N) is 3. The van der Waals surface area contributed by atoms with Gasteiger partial charge in [-0.05, 0) is 37.0 Å². The first-order chi connectivity index (χ1) is 11.8. The molecule has 1 fully saturated rings. The summed E-state index contributed by atoms with van der Waals surface area (Å²) in [6.45, 7) is 0.686. The fourth-order valence-electron chi connectivity index (χ4n) is 2.64. The van der Waals surface area contributed by atoms with Gasteiger partial charge in [0.15, 0.2) is 0 Å². The maximum Gasteiger partial charge on any atom is 0.224 e. The molecule has 7 heteroatoms. The van der Waals surface area contributed by atoms with Crippen LogP contribution in [0.5, 0.6) is 0 Å². The van der Waals surface area contributed by atoms with Crippen LogP contribution in [0.2, 0.25) is 0 Å². The van der Waals surface area contributed by atoms with E-state index < -0.39 is 0 Å². The van der Waals surface area contributed by atoms with Gasteiger partial charge in [0.05, 0.1) is 6.54 Å². The number of unbranched alkanes of at least 4 members (excludes halogenated alkanes) is 1. The number of aromatic nitrogens is 3. The third-order valence-electron chi connectivity index (χ3n) is 3.96. The summed E-state index contributed by atoms with van der Waals surface area (Å²) in [5, 5.41) is 7.86. The largest absolute Gasteiger partial charge is 0.326 e. The van der Waals surface area contributed by atoms with Crippen LogP contribution in [0, 0.1) is 0 Å². The molecule has 0 radical (unpaired) electrons. The van der Waals surface area contributed by atoms with Crippen molar-refractivity contribution in [3.8, 4) is 0 Å². The summed E-state index contributed by atoms with van der Waals surface area (Å²) in [7, 11) is 3.99. The Hall–Kier alpha value is -1.47. The average molecular weight is 363 g/mol. The van der Waals surface area contributed by atoms with E-state index in [-0.39, 0.29) is 5.91 Å². The minimum absolute atomic E-state index is 0.104. The van der Waals surface area contributed by atoms with Crippen LogP contribution in [-0.2, 0) is 11.3 Å². The molecule has 1 aliphatic rings. The van der Waals surface area contributed by atoms with Gasteiger partial charge in [0.1, 0.15) is 12.7 Å². The number of hydrogen-bond donors (Lipinski definition) is 1. The van der Waals surface area contributed by atoms with E-state index in [0.717, 1.165) is 29.3 Å². The van der Waals surface area contributed by atoms with E-state index in [0.29, 0.717) is 13.0 Å². The number of carbonyl (C=O) groups excluding carboxylic acids is 1. The van der Waals surface area contributed by atoms with E-state index >= 15 is 0 Å². The molecule has 1 amide bonds. The van der Waals surface area contributed by atoms with Gasteiger partial charge in [0, 0.05) is 23.1 Å². The molecule has 1 unspecified atom stereocenters. The molecule has 0 saturated carbocycles. The number of rotatable bonds is 8. The summed E-state index contributed by atoms with van der Waals surface area (Å²) in [6.07, 6.45) is 8.49. The highest BCUT2D eigenvalue weighted by Crippen LogP contribution is 2.39. The molecule has 1 aromatic heterocycles. The lowest BCUT2D eigenvalue weighted by Gasteiger charge is -2.08. The Labute approximate surface area is 150 Å². The number of benzene rings is 1. The molecule has 128 valence electrons. The average Bonchev–Trinajstić information content (AvgIpc) is 3.27. The van der Waals surface area contributed by atoms with Crippen molar-refractivity contribution in [1.82, 2.24) is 14.8 Å². The van der Waals surface area contributed by atoms with E-state index in [9.17, 15) is 4.79 Å². The second-order valence-corrected chi connectivity index (χ2v) is 8.70. The summed E-state index contributed by atoms with van der Waals surface area (Å²) in [4.78, 5) is 15.9. The van der Waals surface area contributed by atoms with Crippen LogP contribution >= 0.6 is 21.6 Å². The third kappa shape index (κ3) is 5.56. The van der Waals surface area contributed by atoms with Crippen molar-refractivity contribution in [2.45, 2.75) is 43.9 Å². The summed E-state index contributed by atoms with van der Waals surface area (Å²) in [5.41, 5.74) is 1.98. The van der Waals surface area contributed by atoms with E-state index in [1.165, 1.54) is 24.9 Å². The molecule has 1 atom stereocenters. The Kier molecular flexibility index (Phi) is 6.60. The molecule has 1 aromatic carbocycles. The lowest BCUT2D eigenvalue weighted by Crippen LogP contribution is -2.11. The summed E-state index contributed by atoms with van der Waals surface area (Å²) >= 11 is 0. The fraction of sp³-hybridized carbons (Fsp3) is 0.471. The van der Waals surface area contributed by atoms with Gasteiger partial charge in [-0.3, -0.25) is 4.79 Å². The van der Waals surface area contributed by atoms with Crippen molar-refractivity contribution in [2.75, 3.05) is 11.1 Å². The monoisotopic (exact) mass is 362 g/mol. The Balaban J connectivity index is 1.36. The highest BCUT2D eigenvalue weighted by Gasteiger charge is 2.15. The van der Waals surface area contributed by atoms with Crippen LogP contribution in [-0.4, -0.2) is 31.7 Å². The second kappa shape index (κ2) is 9.13. The number of anilines is 1. The quantitative estimate of drug-likeness (QED) is 0.568. The highest BCUT2D eigenvalue weighted by molar-refractivity contribution is 8.77. The number of hydrogen-bond acceptors (Lipinski definition) is 5. The maximum absolute atomic E-state index is 12.0. The van der Waals surface area contributed by atoms with Crippen molar-refractivity contribution >= 4 is 33.2 Å². The van der Waals surface area contributed by atoms with E-state index in [1.54, 1.807) is 11.0 Å². The van der Waals surface area contributed by atoms with Gasteiger partial charge in [-0.1, -0.05) is 40.1 Å². The first-order valence-corrected chi connectivity index (χ1v) is 10.7. The number of carbonyl (C=O) groups is 1. The van der Waals surface area contributed by atoms with Gasteiger partial charge in [0.25, 0.3) is 0 Å². The zero-order valence-electron chi connectivity index (χ0n) is 13.6. The van der Waals surface area contributed by atoms with Crippen molar-refractivity contribution in [3.05, 3.63) is 42.5 Å². The Morgan fingerprint density at radius 3 is 2.88 bits per heavy atom. The molecule has 1 aliphatic heterocycles. The van der Waals surface area contributed by atoms with E-state index in [4.69, 9.17) is 0 Å². The molecule has 2 aromatic rings. The minimum atomic E-state index is 0.104. The van der Waals surface area contributed by atoms with Crippen molar-refractivity contribution in [2.24, 2.45) is 0 Å². The maximum atomic E-state index is 12.0. The number of amides is 1. The molecular weight excluding hydrogens is 340 g/mol. The minimum Gasteiger partial charge on any atom is -0.326 e. The molecule has 24 heavy (non-hydrogen) atoms. The predicted molar refractivity (Wildman–Crippen MR) is 101 cm³/mol. The molecular formula is C17H22N4OS2. The van der Waals surface area contributed by atoms with Gasteiger partial charge in [-0.2, -0.15) is 5.10 Å². The van der Waals surface area contributed by atoms with Gasteiger partial charge >= 0.3 is 0 Å². The van der Waals surface area contributed by atoms with Crippen molar-refractivity contribution in [3.63, 3.8) is 0 Å². The smallest absolute Gasteiger partial charge is 0.224 e. The molecule has 5 nitrogen and oxygen atoms in total. The normalized spacial score (nSPS) is 17.1. The molecule has 1 N–H and O–H groups in total. The molecule has 1 saturated heterocycles. The molecule has 2 heterocycles. The van der Waals surface area contributed by atoms with E-state index in [2.05, 4.69) is 15.4 Å². The lowest BCUT2D eigenvalue weighted by molar-refractivity contribution is -0.116. The SMILES string of the molecule is O=C(CCCCC1CCSS1)Nc1ccc(Cn2cncn2)cc1. The summed E-state index contributed by atoms with van der Waals surface area (Å²) in [5.74, 6) is 1.38. The molecule has 0 aliphatic carbocycles. The molecule has 0 spiro atoms. The first kappa shape index (κ1) is 17.4. The highest BCUT2D eigenvalue weighted by atomic mass is 33.1. The Bertz CT molecular complexity index is 625. The molecule has 3 rings (SSSR count). The number of nitrogens with one attached hydrogen (secondary N) is 1. The van der Waals surface area contributed by atoms with Crippen LogP contribution in [0.3, 0.4) is 0 Å². The lowest BCUT2D eigenvalue weighted by atomic mass is 10.1. The summed E-state index contributed by atoms with van der Waals surface area (Å²) in [6, 6.07) is 7.89. The first-order valence-electron chi connectivity index (χ1n) is 8.29. The van der Waals surface area contributed by atoms with Gasteiger partial charge in [-0.15, -0.1) is 0 Å². The van der Waals surface area contributed by atoms with Gasteiger partial charge < -0.3 is 5.32 Å². The third-order valence-corrected chi connectivity index (χ3v) is 6.96.